The predicted octanol–water partition coefficient (Wildman–Crippen LogP) is -0.0487. The summed E-state index contributed by atoms with van der Waals surface area (Å²) in [5, 5.41) is 25.5. The first-order chi connectivity index (χ1) is 18.3. The van der Waals surface area contributed by atoms with Gasteiger partial charge >= 0.3 is 18.0 Å². The summed E-state index contributed by atoms with van der Waals surface area (Å²) < 4.78 is 0. The Morgan fingerprint density at radius 2 is 1.69 bits per heavy atom. The van der Waals surface area contributed by atoms with E-state index in [9.17, 15) is 39.0 Å². The van der Waals surface area contributed by atoms with Crippen LogP contribution < -0.4 is 21.8 Å². The molecule has 1 fully saturated rings. The third kappa shape index (κ3) is 4.80. The van der Waals surface area contributed by atoms with Gasteiger partial charge in [0, 0.05) is 5.69 Å². The number of anilines is 1. The minimum absolute atomic E-state index is 0.158. The molecule has 0 aliphatic carbocycles. The Morgan fingerprint density at radius 1 is 1.10 bits per heavy atom. The smallest absolute Gasteiger partial charge is 0.360 e. The van der Waals surface area contributed by atoms with Crippen molar-refractivity contribution < 1.29 is 39.0 Å². The molecular formula is C25H26N6O8. The van der Waals surface area contributed by atoms with Crippen LogP contribution in [0.15, 0.2) is 59.7 Å². The van der Waals surface area contributed by atoms with Crippen LogP contribution in [-0.4, -0.2) is 68.6 Å². The first-order valence-electron chi connectivity index (χ1n) is 11.4. The van der Waals surface area contributed by atoms with Crippen LogP contribution in [0.3, 0.4) is 0 Å². The summed E-state index contributed by atoms with van der Waals surface area (Å²) in [5.41, 5.74) is 1.25. The number of carboxylic acids is 2. The Morgan fingerprint density at radius 3 is 2.18 bits per heavy atom. The van der Waals surface area contributed by atoms with Gasteiger partial charge in [0.2, 0.25) is 5.91 Å². The molecule has 0 unspecified atom stereocenters. The number of hydrogen-bond acceptors (Lipinski definition) is 9. The van der Waals surface area contributed by atoms with Gasteiger partial charge in [0.05, 0.1) is 18.7 Å². The maximum absolute atomic E-state index is 13.9. The Hall–Kier alpha value is -5.11. The number of hydrazone groups is 1. The molecule has 0 spiro atoms. The van der Waals surface area contributed by atoms with Crippen molar-refractivity contribution in [1.29, 1.82) is 0 Å². The first kappa shape index (κ1) is 28.5. The number of amides is 4. The standard InChI is InChI=1S/C25H26N6O8/c1-14(32)25(22(37)38,30(17-6-4-3-5-7-17)20(35)18(26)12-19(33)34)31-21(36)24(2,29-23(31)39)16-10-8-15(9-11-16)13-28-27/h3-11,13,18H,12,26-27H2,1-2H3,(H,29,39)(H,33,34)(H,37,38)/t18-,24-,25+/m0/s1. The summed E-state index contributed by atoms with van der Waals surface area (Å²) in [7, 11) is 0. The highest BCUT2D eigenvalue weighted by atomic mass is 16.4. The molecule has 1 aliphatic rings. The number of nitrogens with one attached hydrogen (secondary N) is 1. The van der Waals surface area contributed by atoms with Gasteiger partial charge < -0.3 is 27.1 Å². The maximum atomic E-state index is 13.9. The van der Waals surface area contributed by atoms with E-state index in [2.05, 4.69) is 10.4 Å². The number of Topliss-reactive ketones (excluding diaryl/α,β-unsaturated/α-hetero) is 1. The van der Waals surface area contributed by atoms with E-state index in [1.807, 2.05) is 0 Å². The molecule has 2 aromatic carbocycles. The minimum Gasteiger partial charge on any atom is -0.481 e. The molecule has 0 radical (unpaired) electrons. The summed E-state index contributed by atoms with van der Waals surface area (Å²) in [6, 6.07) is 9.76. The molecule has 39 heavy (non-hydrogen) atoms. The fourth-order valence-corrected chi connectivity index (χ4v) is 4.37. The molecule has 3 rings (SSSR count). The van der Waals surface area contributed by atoms with Gasteiger partial charge in [-0.1, -0.05) is 42.5 Å². The lowest BCUT2D eigenvalue weighted by Crippen LogP contribution is -2.74. The number of carbonyl (C=O) groups is 6. The van der Waals surface area contributed by atoms with Gasteiger partial charge in [-0.15, -0.1) is 0 Å². The van der Waals surface area contributed by atoms with E-state index < -0.39 is 59.2 Å². The second-order valence-corrected chi connectivity index (χ2v) is 8.84. The fourth-order valence-electron chi connectivity index (χ4n) is 4.37. The van der Waals surface area contributed by atoms with Crippen molar-refractivity contribution in [3.8, 4) is 0 Å². The van der Waals surface area contributed by atoms with E-state index in [1.165, 1.54) is 55.6 Å². The van der Waals surface area contributed by atoms with Crippen LogP contribution in [0.25, 0.3) is 0 Å². The number of imide groups is 1. The van der Waals surface area contributed by atoms with Gasteiger partial charge in [-0.2, -0.15) is 5.10 Å². The van der Waals surface area contributed by atoms with E-state index in [4.69, 9.17) is 11.6 Å². The number of urea groups is 1. The Kier molecular flexibility index (Phi) is 7.81. The molecule has 1 saturated heterocycles. The van der Waals surface area contributed by atoms with Gasteiger partial charge in [0.15, 0.2) is 5.78 Å². The fraction of sp³-hybridized carbons (Fsp3) is 0.240. The number of benzene rings is 2. The van der Waals surface area contributed by atoms with Crippen LogP contribution in [0.1, 0.15) is 31.4 Å². The van der Waals surface area contributed by atoms with E-state index in [-0.39, 0.29) is 16.2 Å². The number of ketones is 1. The third-order valence-corrected chi connectivity index (χ3v) is 6.29. The van der Waals surface area contributed by atoms with Crippen molar-refractivity contribution in [2.24, 2.45) is 16.7 Å². The molecule has 14 nitrogen and oxygen atoms in total. The molecule has 0 saturated carbocycles. The van der Waals surface area contributed by atoms with E-state index in [1.54, 1.807) is 12.1 Å². The number of aliphatic carboxylic acids is 2. The Labute approximate surface area is 221 Å². The lowest BCUT2D eigenvalue weighted by molar-refractivity contribution is -0.162. The zero-order chi connectivity index (χ0) is 29.1. The van der Waals surface area contributed by atoms with Gasteiger partial charge in [0.1, 0.15) is 5.54 Å². The van der Waals surface area contributed by atoms with Crippen molar-refractivity contribution in [1.82, 2.24) is 10.2 Å². The molecule has 0 bridgehead atoms. The molecule has 14 heteroatoms. The largest absolute Gasteiger partial charge is 0.481 e. The second kappa shape index (κ2) is 10.7. The van der Waals surface area contributed by atoms with Crippen LogP contribution in [0.4, 0.5) is 10.5 Å². The van der Waals surface area contributed by atoms with E-state index in [0.717, 1.165) is 6.92 Å². The number of para-hydroxylation sites is 1. The molecule has 1 heterocycles. The van der Waals surface area contributed by atoms with Gasteiger partial charge in [-0.25, -0.2) is 14.5 Å². The molecule has 0 aromatic heterocycles. The zero-order valence-corrected chi connectivity index (χ0v) is 20.9. The Bertz CT molecular complexity index is 1350. The first-order valence-corrected chi connectivity index (χ1v) is 11.4. The summed E-state index contributed by atoms with van der Waals surface area (Å²) >= 11 is 0. The quantitative estimate of drug-likeness (QED) is 0.0891. The maximum Gasteiger partial charge on any atom is 0.360 e. The number of hydrogen-bond donors (Lipinski definition) is 5. The molecular weight excluding hydrogens is 512 g/mol. The van der Waals surface area contributed by atoms with Crippen molar-refractivity contribution in [2.45, 2.75) is 37.5 Å². The normalized spacial score (nSPS) is 19.3. The lowest BCUT2D eigenvalue weighted by Gasteiger charge is -2.43. The molecule has 1 aliphatic heterocycles. The highest BCUT2D eigenvalue weighted by Crippen LogP contribution is 2.38. The highest BCUT2D eigenvalue weighted by Gasteiger charge is 2.66. The topological polar surface area (TPSA) is 226 Å². The number of carboxylic acid groups (broad SMARTS) is 2. The zero-order valence-electron chi connectivity index (χ0n) is 20.9. The molecule has 4 amide bonds. The van der Waals surface area contributed by atoms with Crippen LogP contribution in [-0.2, 0) is 29.5 Å². The monoisotopic (exact) mass is 538 g/mol. The SMILES string of the molecule is CC(=O)[C@](C(=O)O)(N1C(=O)N[C@@](C)(c2ccc(C=NN)cc2)C1=O)N(C(=O)[C@@H](N)CC(=O)O)c1ccccc1. The number of nitrogens with two attached hydrogens (primary N) is 2. The summed E-state index contributed by atoms with van der Waals surface area (Å²) in [4.78, 5) is 79.0. The predicted molar refractivity (Wildman–Crippen MR) is 136 cm³/mol. The summed E-state index contributed by atoms with van der Waals surface area (Å²) in [5.74, 6) is -2.14. The molecule has 204 valence electrons. The summed E-state index contributed by atoms with van der Waals surface area (Å²) in [6.07, 6.45) is 0.411. The van der Waals surface area contributed by atoms with Crippen molar-refractivity contribution in [2.75, 3.05) is 4.90 Å². The van der Waals surface area contributed by atoms with Crippen LogP contribution in [0, 0.1) is 0 Å². The highest BCUT2D eigenvalue weighted by molar-refractivity contribution is 6.24. The van der Waals surface area contributed by atoms with Crippen LogP contribution in [0.2, 0.25) is 0 Å². The van der Waals surface area contributed by atoms with Crippen molar-refractivity contribution >= 4 is 47.5 Å². The van der Waals surface area contributed by atoms with E-state index in [0.29, 0.717) is 10.5 Å². The molecule has 3 atom stereocenters. The average molecular weight is 539 g/mol. The minimum atomic E-state index is -3.26. The molecule has 7 N–H and O–H groups in total. The lowest BCUT2D eigenvalue weighted by atomic mass is 9.89. The Balaban J connectivity index is 2.26. The van der Waals surface area contributed by atoms with Gasteiger partial charge in [-0.05, 0) is 37.1 Å². The number of carbonyl (C=O) groups excluding carboxylic acids is 4. The third-order valence-electron chi connectivity index (χ3n) is 6.29. The second-order valence-electron chi connectivity index (χ2n) is 8.84. The van der Waals surface area contributed by atoms with Crippen molar-refractivity contribution in [3.63, 3.8) is 0 Å². The van der Waals surface area contributed by atoms with Gasteiger partial charge in [0.25, 0.3) is 11.6 Å². The average Bonchev–Trinajstić information content (AvgIpc) is 3.11. The van der Waals surface area contributed by atoms with Gasteiger partial charge in [-0.3, -0.25) is 24.1 Å². The van der Waals surface area contributed by atoms with Crippen LogP contribution >= 0.6 is 0 Å². The molecule has 2 aromatic rings. The number of nitrogens with zero attached hydrogens (tertiary/aromatic N) is 3. The number of rotatable bonds is 10. The van der Waals surface area contributed by atoms with Crippen molar-refractivity contribution in [3.05, 3.63) is 65.7 Å². The van der Waals surface area contributed by atoms with E-state index >= 15 is 0 Å². The van der Waals surface area contributed by atoms with Crippen LogP contribution in [0.5, 0.6) is 0 Å². The summed E-state index contributed by atoms with van der Waals surface area (Å²) in [6.45, 7) is 2.09.